The number of carbonyl (C=O) groups excluding carboxylic acids is 1. The molecule has 1 fully saturated rings. The van der Waals surface area contributed by atoms with Gasteiger partial charge in [-0.25, -0.2) is 5.01 Å². The molecule has 1 aromatic carbocycles. The molecule has 0 spiro atoms. The molecule has 0 saturated carbocycles. The highest BCUT2D eigenvalue weighted by Crippen LogP contribution is 2.29. The van der Waals surface area contributed by atoms with Crippen molar-refractivity contribution in [1.82, 2.24) is 10.4 Å². The second kappa shape index (κ2) is 7.81. The van der Waals surface area contributed by atoms with Gasteiger partial charge in [-0.1, -0.05) is 37.6 Å². The zero-order valence-electron chi connectivity index (χ0n) is 13.3. The van der Waals surface area contributed by atoms with E-state index in [2.05, 4.69) is 18.4 Å². The SMILES string of the molecule is CCc1ccccc1CCCC[C@H](N1CCC(=O)N1)C(F)(F)F. The van der Waals surface area contributed by atoms with Crippen LogP contribution in [0.25, 0.3) is 0 Å². The fourth-order valence-corrected chi connectivity index (χ4v) is 3.02. The Balaban J connectivity index is 1.86. The van der Waals surface area contributed by atoms with Crippen LogP contribution in [0.15, 0.2) is 24.3 Å². The quantitative estimate of drug-likeness (QED) is 0.775. The van der Waals surface area contributed by atoms with Crippen LogP contribution in [0.3, 0.4) is 0 Å². The fraction of sp³-hybridized carbons (Fsp3) is 0.588. The number of amides is 1. The van der Waals surface area contributed by atoms with Crippen molar-refractivity contribution >= 4 is 5.91 Å². The normalized spacial score (nSPS) is 17.3. The van der Waals surface area contributed by atoms with Gasteiger partial charge in [0.25, 0.3) is 0 Å². The highest BCUT2D eigenvalue weighted by molar-refractivity contribution is 5.77. The van der Waals surface area contributed by atoms with E-state index in [9.17, 15) is 18.0 Å². The molecule has 0 aliphatic carbocycles. The number of nitrogens with one attached hydrogen (secondary N) is 1. The van der Waals surface area contributed by atoms with Crippen molar-refractivity contribution in [3.8, 4) is 0 Å². The summed E-state index contributed by atoms with van der Waals surface area (Å²) in [7, 11) is 0. The number of carbonyl (C=O) groups is 1. The van der Waals surface area contributed by atoms with Crippen molar-refractivity contribution < 1.29 is 18.0 Å². The Hall–Kier alpha value is -1.56. The van der Waals surface area contributed by atoms with Crippen LogP contribution in [-0.4, -0.2) is 29.7 Å². The van der Waals surface area contributed by atoms with Crippen LogP contribution < -0.4 is 5.43 Å². The average molecular weight is 328 g/mol. The summed E-state index contributed by atoms with van der Waals surface area (Å²) < 4.78 is 39.5. The van der Waals surface area contributed by atoms with Crippen molar-refractivity contribution in [1.29, 1.82) is 0 Å². The molecule has 1 amide bonds. The molecule has 1 heterocycles. The number of hydrogen-bond acceptors (Lipinski definition) is 2. The van der Waals surface area contributed by atoms with Gasteiger partial charge in [0.1, 0.15) is 6.04 Å². The zero-order chi connectivity index (χ0) is 16.9. The van der Waals surface area contributed by atoms with E-state index in [1.54, 1.807) is 0 Å². The van der Waals surface area contributed by atoms with Gasteiger partial charge in [-0.05, 0) is 36.8 Å². The molecule has 0 aromatic heterocycles. The Morgan fingerprint density at radius 1 is 1.22 bits per heavy atom. The summed E-state index contributed by atoms with van der Waals surface area (Å²) in [6.07, 6.45) is -1.25. The summed E-state index contributed by atoms with van der Waals surface area (Å²) >= 11 is 0. The first-order valence-corrected chi connectivity index (χ1v) is 8.11. The number of benzene rings is 1. The Labute approximate surface area is 134 Å². The summed E-state index contributed by atoms with van der Waals surface area (Å²) in [4.78, 5) is 11.2. The number of hydrogen-bond donors (Lipinski definition) is 1. The maximum atomic E-state index is 13.2. The van der Waals surface area contributed by atoms with Crippen LogP contribution >= 0.6 is 0 Å². The lowest BCUT2D eigenvalue weighted by molar-refractivity contribution is -0.190. The molecule has 2 rings (SSSR count). The van der Waals surface area contributed by atoms with Gasteiger partial charge < -0.3 is 0 Å². The topological polar surface area (TPSA) is 32.3 Å². The summed E-state index contributed by atoms with van der Waals surface area (Å²) in [6.45, 7) is 2.20. The van der Waals surface area contributed by atoms with Crippen molar-refractivity contribution in [3.63, 3.8) is 0 Å². The van der Waals surface area contributed by atoms with Gasteiger partial charge >= 0.3 is 6.18 Å². The van der Waals surface area contributed by atoms with Crippen molar-refractivity contribution in [2.75, 3.05) is 6.54 Å². The monoisotopic (exact) mass is 328 g/mol. The van der Waals surface area contributed by atoms with Gasteiger partial charge in [-0.15, -0.1) is 0 Å². The maximum absolute atomic E-state index is 13.2. The Morgan fingerprint density at radius 3 is 2.48 bits per heavy atom. The molecule has 1 atom stereocenters. The molecule has 1 aromatic rings. The van der Waals surface area contributed by atoms with Gasteiger partial charge in [0.2, 0.25) is 5.91 Å². The molecular weight excluding hydrogens is 305 g/mol. The van der Waals surface area contributed by atoms with E-state index in [1.165, 1.54) is 11.1 Å². The van der Waals surface area contributed by atoms with E-state index < -0.39 is 12.2 Å². The predicted molar refractivity (Wildman–Crippen MR) is 82.7 cm³/mol. The maximum Gasteiger partial charge on any atom is 0.405 e. The first-order chi connectivity index (χ1) is 10.9. The molecule has 1 aliphatic rings. The van der Waals surface area contributed by atoms with E-state index in [0.29, 0.717) is 12.8 Å². The van der Waals surface area contributed by atoms with Crippen molar-refractivity contribution in [3.05, 3.63) is 35.4 Å². The van der Waals surface area contributed by atoms with Crippen molar-refractivity contribution in [2.24, 2.45) is 0 Å². The standard InChI is InChI=1S/C17H23F3N2O/c1-2-13-7-3-4-8-14(13)9-5-6-10-15(17(18,19)20)22-12-11-16(23)21-22/h3-4,7-8,15H,2,5-6,9-12H2,1H3,(H,21,23)/t15-/m0/s1. The van der Waals surface area contributed by atoms with E-state index in [1.807, 2.05) is 18.2 Å². The first kappa shape index (κ1) is 17.8. The first-order valence-electron chi connectivity index (χ1n) is 8.11. The average Bonchev–Trinajstić information content (AvgIpc) is 2.92. The minimum Gasteiger partial charge on any atom is -0.288 e. The summed E-state index contributed by atoms with van der Waals surface area (Å²) in [6, 6.07) is 6.47. The smallest absolute Gasteiger partial charge is 0.288 e. The zero-order valence-corrected chi connectivity index (χ0v) is 13.3. The summed E-state index contributed by atoms with van der Waals surface area (Å²) in [5.41, 5.74) is 4.78. The minimum absolute atomic E-state index is 0.0120. The van der Waals surface area contributed by atoms with Gasteiger partial charge in [0.05, 0.1) is 0 Å². The van der Waals surface area contributed by atoms with E-state index in [-0.39, 0.29) is 25.3 Å². The molecule has 1 saturated heterocycles. The number of halogens is 3. The lowest BCUT2D eigenvalue weighted by atomic mass is 9.98. The predicted octanol–water partition coefficient (Wildman–Crippen LogP) is 3.63. The Kier molecular flexibility index (Phi) is 6.04. The van der Waals surface area contributed by atoms with E-state index in [4.69, 9.17) is 0 Å². The number of unbranched alkanes of at least 4 members (excludes halogenated alkanes) is 1. The Morgan fingerprint density at radius 2 is 1.91 bits per heavy atom. The number of hydrazine groups is 1. The molecule has 23 heavy (non-hydrogen) atoms. The molecule has 3 nitrogen and oxygen atoms in total. The van der Waals surface area contributed by atoms with E-state index >= 15 is 0 Å². The number of nitrogens with zero attached hydrogens (tertiary/aromatic N) is 1. The third-order valence-electron chi connectivity index (χ3n) is 4.28. The van der Waals surface area contributed by atoms with Gasteiger partial charge in [0.15, 0.2) is 0 Å². The van der Waals surface area contributed by atoms with Crippen LogP contribution in [0.1, 0.15) is 43.7 Å². The third kappa shape index (κ3) is 4.96. The fourth-order valence-electron chi connectivity index (χ4n) is 3.02. The largest absolute Gasteiger partial charge is 0.405 e. The second-order valence-electron chi connectivity index (χ2n) is 5.90. The van der Waals surface area contributed by atoms with Gasteiger partial charge in [-0.3, -0.25) is 10.2 Å². The molecule has 0 bridgehead atoms. The van der Waals surface area contributed by atoms with Gasteiger partial charge in [-0.2, -0.15) is 13.2 Å². The lowest BCUT2D eigenvalue weighted by Gasteiger charge is -2.28. The molecule has 6 heteroatoms. The molecule has 0 radical (unpaired) electrons. The molecule has 1 N–H and O–H groups in total. The highest BCUT2D eigenvalue weighted by atomic mass is 19.4. The number of alkyl halides is 3. The molecule has 0 unspecified atom stereocenters. The molecular formula is C17H23F3N2O. The third-order valence-corrected chi connectivity index (χ3v) is 4.28. The number of aryl methyl sites for hydroxylation is 2. The Bertz CT molecular complexity index is 531. The van der Waals surface area contributed by atoms with Crippen LogP contribution in [0.4, 0.5) is 13.2 Å². The highest BCUT2D eigenvalue weighted by Gasteiger charge is 2.45. The number of rotatable bonds is 7. The minimum atomic E-state index is -4.32. The summed E-state index contributed by atoms with van der Waals surface area (Å²) in [5.74, 6) is -0.337. The molecule has 128 valence electrons. The van der Waals surface area contributed by atoms with Crippen LogP contribution in [0.5, 0.6) is 0 Å². The van der Waals surface area contributed by atoms with Crippen LogP contribution in [-0.2, 0) is 17.6 Å². The lowest BCUT2D eigenvalue weighted by Crippen LogP contribution is -2.49. The second-order valence-corrected chi connectivity index (χ2v) is 5.90. The van der Waals surface area contributed by atoms with Crippen LogP contribution in [0, 0.1) is 0 Å². The summed E-state index contributed by atoms with van der Waals surface area (Å²) in [5, 5.41) is 1.04. The van der Waals surface area contributed by atoms with Gasteiger partial charge in [0, 0.05) is 13.0 Å². The molecule has 1 aliphatic heterocycles. The van der Waals surface area contributed by atoms with Crippen molar-refractivity contribution in [2.45, 2.75) is 57.7 Å². The van der Waals surface area contributed by atoms with E-state index in [0.717, 1.165) is 17.9 Å². The van der Waals surface area contributed by atoms with Crippen LogP contribution in [0.2, 0.25) is 0 Å².